The van der Waals surface area contributed by atoms with Gasteiger partial charge in [0.1, 0.15) is 18.1 Å². The van der Waals surface area contributed by atoms with Crippen LogP contribution in [-0.2, 0) is 6.42 Å². The highest BCUT2D eigenvalue weighted by atomic mass is 35.5. The van der Waals surface area contributed by atoms with E-state index in [-0.39, 0.29) is 6.10 Å². The Labute approximate surface area is 110 Å². The van der Waals surface area contributed by atoms with Crippen molar-refractivity contribution >= 4 is 17.9 Å². The van der Waals surface area contributed by atoms with Crippen LogP contribution in [0, 0.1) is 0 Å². The number of carbonyl (C=O) groups is 1. The van der Waals surface area contributed by atoms with Crippen LogP contribution in [0.5, 0.6) is 5.75 Å². The lowest BCUT2D eigenvalue weighted by atomic mass is 10.0. The van der Waals surface area contributed by atoms with Gasteiger partial charge in [-0.3, -0.25) is 4.79 Å². The van der Waals surface area contributed by atoms with Crippen LogP contribution in [0.25, 0.3) is 0 Å². The molecule has 0 fully saturated rings. The van der Waals surface area contributed by atoms with Gasteiger partial charge in [0.15, 0.2) is 0 Å². The molecule has 3 heteroatoms. The second-order valence-electron chi connectivity index (χ2n) is 4.35. The number of aldehydes is 1. The van der Waals surface area contributed by atoms with Crippen molar-refractivity contribution in [2.45, 2.75) is 12.5 Å². The highest BCUT2D eigenvalue weighted by Crippen LogP contribution is 2.37. The van der Waals surface area contributed by atoms with Gasteiger partial charge < -0.3 is 4.74 Å². The molecule has 0 saturated heterocycles. The van der Waals surface area contributed by atoms with Gasteiger partial charge in [0.2, 0.25) is 0 Å². The van der Waals surface area contributed by atoms with E-state index in [0.717, 1.165) is 34.6 Å². The summed E-state index contributed by atoms with van der Waals surface area (Å²) in [7, 11) is 0. The molecule has 0 amide bonds. The third kappa shape index (κ3) is 2.00. The average Bonchev–Trinajstić information content (AvgIpc) is 2.82. The van der Waals surface area contributed by atoms with E-state index in [4.69, 9.17) is 16.3 Å². The lowest BCUT2D eigenvalue weighted by molar-refractivity contribution is 0.112. The van der Waals surface area contributed by atoms with Gasteiger partial charge >= 0.3 is 0 Å². The van der Waals surface area contributed by atoms with Crippen LogP contribution in [-0.4, -0.2) is 6.29 Å². The number of ether oxygens (including phenoxy) is 1. The molecule has 90 valence electrons. The number of benzene rings is 2. The summed E-state index contributed by atoms with van der Waals surface area (Å²) in [6.45, 7) is 0. The molecule has 1 atom stereocenters. The third-order valence-electron chi connectivity index (χ3n) is 3.14. The number of hydrogen-bond acceptors (Lipinski definition) is 2. The summed E-state index contributed by atoms with van der Waals surface area (Å²) in [6, 6.07) is 13.2. The molecule has 2 aromatic carbocycles. The van der Waals surface area contributed by atoms with E-state index in [2.05, 4.69) is 0 Å². The molecular weight excluding hydrogens is 248 g/mol. The van der Waals surface area contributed by atoms with Crippen molar-refractivity contribution in [2.75, 3.05) is 0 Å². The first-order valence-electron chi connectivity index (χ1n) is 5.76. The summed E-state index contributed by atoms with van der Waals surface area (Å²) in [5.74, 6) is 0.862. The molecule has 0 aliphatic carbocycles. The summed E-state index contributed by atoms with van der Waals surface area (Å²) in [5.41, 5.74) is 2.87. The van der Waals surface area contributed by atoms with Gasteiger partial charge in [0.25, 0.3) is 0 Å². The molecule has 3 rings (SSSR count). The Morgan fingerprint density at radius 1 is 1.17 bits per heavy atom. The van der Waals surface area contributed by atoms with Gasteiger partial charge in [0.05, 0.1) is 0 Å². The number of fused-ring (bicyclic) bond motifs is 1. The van der Waals surface area contributed by atoms with Gasteiger partial charge in [-0.1, -0.05) is 23.7 Å². The molecule has 0 spiro atoms. The fourth-order valence-electron chi connectivity index (χ4n) is 2.21. The maximum atomic E-state index is 10.7. The first-order valence-corrected chi connectivity index (χ1v) is 6.14. The van der Waals surface area contributed by atoms with Gasteiger partial charge in [-0.05, 0) is 41.5 Å². The van der Waals surface area contributed by atoms with Crippen molar-refractivity contribution in [1.29, 1.82) is 0 Å². The summed E-state index contributed by atoms with van der Waals surface area (Å²) in [5, 5.41) is 0.720. The second-order valence-corrected chi connectivity index (χ2v) is 4.78. The van der Waals surface area contributed by atoms with E-state index in [9.17, 15) is 4.79 Å². The molecule has 1 aliphatic heterocycles. The van der Waals surface area contributed by atoms with E-state index in [0.29, 0.717) is 5.56 Å². The summed E-state index contributed by atoms with van der Waals surface area (Å²) < 4.78 is 5.87. The molecule has 0 radical (unpaired) electrons. The van der Waals surface area contributed by atoms with Gasteiger partial charge in [-0.25, -0.2) is 0 Å². The normalized spacial score (nSPS) is 17.1. The van der Waals surface area contributed by atoms with Crippen molar-refractivity contribution < 1.29 is 9.53 Å². The van der Waals surface area contributed by atoms with E-state index in [1.54, 1.807) is 6.07 Å². The Kier molecular flexibility index (Phi) is 2.80. The number of hydrogen-bond donors (Lipinski definition) is 0. The molecule has 0 aromatic heterocycles. The Morgan fingerprint density at radius 2 is 1.94 bits per heavy atom. The highest BCUT2D eigenvalue weighted by molar-refractivity contribution is 6.30. The third-order valence-corrected chi connectivity index (χ3v) is 3.39. The van der Waals surface area contributed by atoms with Crippen LogP contribution < -0.4 is 4.74 Å². The molecule has 2 nitrogen and oxygen atoms in total. The predicted octanol–water partition coefficient (Wildman–Crippen LogP) is 3.83. The smallest absolute Gasteiger partial charge is 0.150 e. The molecule has 1 heterocycles. The van der Waals surface area contributed by atoms with Crippen molar-refractivity contribution in [2.24, 2.45) is 0 Å². The lowest BCUT2D eigenvalue weighted by Crippen LogP contribution is -2.02. The highest BCUT2D eigenvalue weighted by Gasteiger charge is 2.24. The minimum atomic E-state index is 0.0131. The molecular formula is C15H11ClO2. The van der Waals surface area contributed by atoms with Crippen LogP contribution in [0.3, 0.4) is 0 Å². The lowest BCUT2D eigenvalue weighted by Gasteiger charge is -2.10. The number of carbonyl (C=O) groups excluding carboxylic acids is 1. The van der Waals surface area contributed by atoms with Gasteiger partial charge in [0, 0.05) is 17.0 Å². The Bertz CT molecular complexity index is 590. The molecule has 18 heavy (non-hydrogen) atoms. The topological polar surface area (TPSA) is 26.3 Å². The molecule has 0 saturated carbocycles. The van der Waals surface area contributed by atoms with Crippen LogP contribution in [0.15, 0.2) is 42.5 Å². The summed E-state index contributed by atoms with van der Waals surface area (Å²) in [6.07, 6.45) is 1.66. The SMILES string of the molecule is O=Cc1ccc2c(c1)C[C@@H](c1ccc(Cl)cc1)O2. The van der Waals surface area contributed by atoms with Crippen molar-refractivity contribution in [3.63, 3.8) is 0 Å². The van der Waals surface area contributed by atoms with Crippen molar-refractivity contribution in [3.8, 4) is 5.75 Å². The first kappa shape index (κ1) is 11.3. The van der Waals surface area contributed by atoms with Crippen molar-refractivity contribution in [1.82, 2.24) is 0 Å². The minimum absolute atomic E-state index is 0.0131. The Hall–Kier alpha value is -1.80. The summed E-state index contributed by atoms with van der Waals surface area (Å²) in [4.78, 5) is 10.7. The van der Waals surface area contributed by atoms with Gasteiger partial charge in [-0.15, -0.1) is 0 Å². The fourth-order valence-corrected chi connectivity index (χ4v) is 2.33. The van der Waals surface area contributed by atoms with E-state index in [1.807, 2.05) is 36.4 Å². The first-order chi connectivity index (χ1) is 8.76. The number of rotatable bonds is 2. The maximum Gasteiger partial charge on any atom is 0.150 e. The quantitative estimate of drug-likeness (QED) is 0.766. The zero-order chi connectivity index (χ0) is 12.5. The minimum Gasteiger partial charge on any atom is -0.485 e. The monoisotopic (exact) mass is 258 g/mol. The van der Waals surface area contributed by atoms with E-state index < -0.39 is 0 Å². The fraction of sp³-hybridized carbons (Fsp3) is 0.133. The Morgan fingerprint density at radius 3 is 2.67 bits per heavy atom. The Balaban J connectivity index is 1.88. The van der Waals surface area contributed by atoms with Crippen LogP contribution in [0.2, 0.25) is 5.02 Å². The standard InChI is InChI=1S/C15H11ClO2/c16-13-4-2-11(3-5-13)15-8-12-7-10(9-17)1-6-14(12)18-15/h1-7,9,15H,8H2/t15-/m0/s1. The molecule has 0 unspecified atom stereocenters. The molecule has 2 aromatic rings. The second kappa shape index (κ2) is 4.46. The van der Waals surface area contributed by atoms with Crippen LogP contribution >= 0.6 is 11.6 Å². The maximum absolute atomic E-state index is 10.7. The molecule has 0 bridgehead atoms. The largest absolute Gasteiger partial charge is 0.485 e. The predicted molar refractivity (Wildman–Crippen MR) is 70.4 cm³/mol. The van der Waals surface area contributed by atoms with Crippen LogP contribution in [0.1, 0.15) is 27.6 Å². The van der Waals surface area contributed by atoms with Crippen LogP contribution in [0.4, 0.5) is 0 Å². The molecule has 1 aliphatic rings. The zero-order valence-electron chi connectivity index (χ0n) is 9.60. The number of halogens is 1. The van der Waals surface area contributed by atoms with E-state index in [1.165, 1.54) is 0 Å². The average molecular weight is 259 g/mol. The van der Waals surface area contributed by atoms with Crippen molar-refractivity contribution in [3.05, 3.63) is 64.2 Å². The van der Waals surface area contributed by atoms with E-state index >= 15 is 0 Å². The molecule has 0 N–H and O–H groups in total. The van der Waals surface area contributed by atoms with Gasteiger partial charge in [-0.2, -0.15) is 0 Å². The zero-order valence-corrected chi connectivity index (χ0v) is 10.4. The summed E-state index contributed by atoms with van der Waals surface area (Å²) >= 11 is 5.87.